The SMILES string of the molecule is CS(=O)(=O)N(CC(=O)Nc1cccc(Br)c1)c1ccc(F)c(F)c1. The summed E-state index contributed by atoms with van der Waals surface area (Å²) in [4.78, 5) is 12.1. The number of carbonyl (C=O) groups excluding carboxylic acids is 1. The second-order valence-corrected chi connectivity index (χ2v) is 7.75. The van der Waals surface area contributed by atoms with Crippen LogP contribution in [0.15, 0.2) is 46.9 Å². The van der Waals surface area contributed by atoms with Crippen LogP contribution in [-0.4, -0.2) is 27.1 Å². The maximum atomic E-state index is 13.4. The highest BCUT2D eigenvalue weighted by Gasteiger charge is 2.22. The van der Waals surface area contributed by atoms with Crippen LogP contribution in [0, 0.1) is 11.6 Å². The molecule has 0 heterocycles. The van der Waals surface area contributed by atoms with Gasteiger partial charge in [0.2, 0.25) is 15.9 Å². The molecule has 2 rings (SSSR count). The van der Waals surface area contributed by atoms with Crippen LogP contribution in [0.25, 0.3) is 0 Å². The Hall–Kier alpha value is -2.00. The lowest BCUT2D eigenvalue weighted by atomic mass is 10.3. The first-order valence-electron chi connectivity index (χ1n) is 6.65. The van der Waals surface area contributed by atoms with Crippen molar-refractivity contribution in [3.05, 3.63) is 58.6 Å². The summed E-state index contributed by atoms with van der Waals surface area (Å²) in [5, 5.41) is 2.54. The number of nitrogens with zero attached hydrogens (tertiary/aromatic N) is 1. The van der Waals surface area contributed by atoms with E-state index < -0.39 is 34.1 Å². The Labute approximate surface area is 146 Å². The van der Waals surface area contributed by atoms with Crippen molar-refractivity contribution in [1.29, 1.82) is 0 Å². The normalized spacial score (nSPS) is 11.2. The minimum atomic E-state index is -3.87. The fraction of sp³-hybridized carbons (Fsp3) is 0.133. The van der Waals surface area contributed by atoms with Crippen LogP contribution in [-0.2, 0) is 14.8 Å². The number of anilines is 2. The Morgan fingerprint density at radius 1 is 1.17 bits per heavy atom. The molecule has 0 aliphatic heterocycles. The first-order valence-corrected chi connectivity index (χ1v) is 9.29. The fourth-order valence-electron chi connectivity index (χ4n) is 1.94. The first kappa shape index (κ1) is 18.3. The zero-order valence-corrected chi connectivity index (χ0v) is 14.9. The van der Waals surface area contributed by atoms with Gasteiger partial charge < -0.3 is 5.32 Å². The smallest absolute Gasteiger partial charge is 0.245 e. The van der Waals surface area contributed by atoms with Gasteiger partial charge in [-0.3, -0.25) is 9.10 Å². The van der Waals surface area contributed by atoms with Gasteiger partial charge in [-0.2, -0.15) is 0 Å². The molecular formula is C15H13BrF2N2O3S. The van der Waals surface area contributed by atoms with Gasteiger partial charge in [-0.05, 0) is 30.3 Å². The van der Waals surface area contributed by atoms with Gasteiger partial charge in [0.05, 0.1) is 11.9 Å². The second kappa shape index (κ2) is 7.27. The van der Waals surface area contributed by atoms with E-state index in [1.807, 2.05) is 0 Å². The molecule has 0 unspecified atom stereocenters. The molecule has 9 heteroatoms. The van der Waals surface area contributed by atoms with Crippen LogP contribution >= 0.6 is 15.9 Å². The van der Waals surface area contributed by atoms with Gasteiger partial charge in [0.1, 0.15) is 6.54 Å². The van der Waals surface area contributed by atoms with Gasteiger partial charge in [-0.15, -0.1) is 0 Å². The molecule has 0 radical (unpaired) electrons. The quantitative estimate of drug-likeness (QED) is 0.810. The van der Waals surface area contributed by atoms with Gasteiger partial charge in [-0.25, -0.2) is 17.2 Å². The predicted molar refractivity (Wildman–Crippen MR) is 91.3 cm³/mol. The van der Waals surface area contributed by atoms with E-state index >= 15 is 0 Å². The summed E-state index contributed by atoms with van der Waals surface area (Å²) in [6.45, 7) is -0.573. The minimum absolute atomic E-state index is 0.138. The molecule has 0 saturated heterocycles. The van der Waals surface area contributed by atoms with E-state index in [1.54, 1.807) is 24.3 Å². The Bertz CT molecular complexity index is 875. The highest BCUT2D eigenvalue weighted by atomic mass is 79.9. The number of nitrogens with one attached hydrogen (secondary N) is 1. The molecular weight excluding hydrogens is 406 g/mol. The van der Waals surface area contributed by atoms with Crippen LogP contribution < -0.4 is 9.62 Å². The number of halogens is 3. The Kier molecular flexibility index (Phi) is 5.55. The molecule has 2 aromatic carbocycles. The maximum Gasteiger partial charge on any atom is 0.245 e. The van der Waals surface area contributed by atoms with Crippen LogP contribution in [0.5, 0.6) is 0 Å². The number of sulfonamides is 1. The van der Waals surface area contributed by atoms with Crippen LogP contribution in [0.1, 0.15) is 0 Å². The van der Waals surface area contributed by atoms with Crippen molar-refractivity contribution >= 4 is 43.2 Å². The molecule has 0 aromatic heterocycles. The van der Waals surface area contributed by atoms with Gasteiger partial charge >= 0.3 is 0 Å². The number of hydrogen-bond donors (Lipinski definition) is 1. The van der Waals surface area contributed by atoms with Gasteiger partial charge in [-0.1, -0.05) is 22.0 Å². The van der Waals surface area contributed by atoms with E-state index in [9.17, 15) is 22.0 Å². The van der Waals surface area contributed by atoms with Crippen molar-refractivity contribution in [2.45, 2.75) is 0 Å². The molecule has 1 N–H and O–H groups in total. The Morgan fingerprint density at radius 2 is 1.88 bits per heavy atom. The number of amides is 1. The molecule has 0 aliphatic rings. The van der Waals surface area contributed by atoms with Crippen molar-refractivity contribution < 1.29 is 22.0 Å². The average molecular weight is 419 g/mol. The van der Waals surface area contributed by atoms with Crippen molar-refractivity contribution in [1.82, 2.24) is 0 Å². The zero-order valence-electron chi connectivity index (χ0n) is 12.5. The lowest BCUT2D eigenvalue weighted by Crippen LogP contribution is -2.37. The summed E-state index contributed by atoms with van der Waals surface area (Å²) in [7, 11) is -3.87. The number of hydrogen-bond acceptors (Lipinski definition) is 3. The van der Waals surface area contributed by atoms with Gasteiger partial charge in [0.25, 0.3) is 0 Å². The monoisotopic (exact) mass is 418 g/mol. The van der Waals surface area contributed by atoms with Crippen LogP contribution in [0.3, 0.4) is 0 Å². The Morgan fingerprint density at radius 3 is 2.46 bits per heavy atom. The average Bonchev–Trinajstić information content (AvgIpc) is 2.47. The summed E-state index contributed by atoms with van der Waals surface area (Å²) in [6.07, 6.45) is 0.876. The van der Waals surface area contributed by atoms with E-state index in [2.05, 4.69) is 21.2 Å². The van der Waals surface area contributed by atoms with Crippen LogP contribution in [0.2, 0.25) is 0 Å². The summed E-state index contributed by atoms with van der Waals surface area (Å²) in [5.74, 6) is -2.93. The van der Waals surface area contributed by atoms with Crippen molar-refractivity contribution in [2.24, 2.45) is 0 Å². The first-order chi connectivity index (χ1) is 11.2. The van der Waals surface area contributed by atoms with Gasteiger partial charge in [0, 0.05) is 16.2 Å². The molecule has 0 aliphatic carbocycles. The fourth-order valence-corrected chi connectivity index (χ4v) is 3.18. The summed E-state index contributed by atoms with van der Waals surface area (Å²) >= 11 is 3.25. The highest BCUT2D eigenvalue weighted by molar-refractivity contribution is 9.10. The predicted octanol–water partition coefficient (Wildman–Crippen LogP) is 3.13. The number of benzene rings is 2. The molecule has 0 bridgehead atoms. The van der Waals surface area contributed by atoms with E-state index in [4.69, 9.17) is 0 Å². The minimum Gasteiger partial charge on any atom is -0.324 e. The van der Waals surface area contributed by atoms with E-state index in [0.29, 0.717) is 9.99 Å². The summed E-state index contributed by atoms with van der Waals surface area (Å²) in [5.41, 5.74) is 0.328. The lowest BCUT2D eigenvalue weighted by Gasteiger charge is -2.22. The third-order valence-electron chi connectivity index (χ3n) is 2.99. The molecule has 0 atom stereocenters. The molecule has 2 aromatic rings. The zero-order chi connectivity index (χ0) is 17.9. The standard InChI is InChI=1S/C15H13BrF2N2O3S/c1-24(22,23)20(12-5-6-13(17)14(18)8-12)9-15(21)19-11-4-2-3-10(16)7-11/h2-8H,9H2,1H3,(H,19,21). The molecule has 5 nitrogen and oxygen atoms in total. The van der Waals surface area contributed by atoms with Gasteiger partial charge in [0.15, 0.2) is 11.6 Å². The van der Waals surface area contributed by atoms with Crippen molar-refractivity contribution in [3.63, 3.8) is 0 Å². The second-order valence-electron chi connectivity index (χ2n) is 4.93. The molecule has 0 fully saturated rings. The largest absolute Gasteiger partial charge is 0.324 e. The molecule has 1 amide bonds. The number of rotatable bonds is 5. The summed E-state index contributed by atoms with van der Waals surface area (Å²) in [6, 6.07) is 9.35. The molecule has 0 spiro atoms. The molecule has 0 saturated carbocycles. The highest BCUT2D eigenvalue weighted by Crippen LogP contribution is 2.21. The van der Waals surface area contributed by atoms with Crippen molar-refractivity contribution in [2.75, 3.05) is 22.4 Å². The molecule has 24 heavy (non-hydrogen) atoms. The van der Waals surface area contributed by atoms with Crippen LogP contribution in [0.4, 0.5) is 20.2 Å². The molecule has 128 valence electrons. The lowest BCUT2D eigenvalue weighted by molar-refractivity contribution is -0.114. The maximum absolute atomic E-state index is 13.4. The van der Waals surface area contributed by atoms with Crippen molar-refractivity contribution in [3.8, 4) is 0 Å². The van der Waals surface area contributed by atoms with E-state index in [1.165, 1.54) is 0 Å². The topological polar surface area (TPSA) is 66.5 Å². The third-order valence-corrected chi connectivity index (χ3v) is 4.62. The third kappa shape index (κ3) is 4.75. The number of carbonyl (C=O) groups is 1. The van der Waals surface area contributed by atoms with E-state index in [0.717, 1.165) is 28.9 Å². The summed E-state index contributed by atoms with van der Waals surface area (Å²) < 4.78 is 51.6. The van der Waals surface area contributed by atoms with E-state index in [-0.39, 0.29) is 5.69 Å². The Balaban J connectivity index is 2.23.